The zero-order valence-corrected chi connectivity index (χ0v) is 20.1. The van der Waals surface area contributed by atoms with E-state index in [1.807, 2.05) is 6.92 Å². The number of halogens is 1. The number of fused-ring (bicyclic) bond motifs is 1. The molecule has 0 saturated carbocycles. The number of hydrogen-bond acceptors (Lipinski definition) is 4. The lowest BCUT2D eigenvalue weighted by Crippen LogP contribution is -2.36. The van der Waals surface area contributed by atoms with Crippen LogP contribution in [0.2, 0.25) is 5.02 Å². The van der Waals surface area contributed by atoms with Crippen LogP contribution in [0.1, 0.15) is 23.1 Å². The van der Waals surface area contributed by atoms with E-state index in [4.69, 9.17) is 11.6 Å². The maximum absolute atomic E-state index is 13.3. The number of hydrogen-bond donors (Lipinski definition) is 2. The molecule has 1 heterocycles. The third-order valence-corrected chi connectivity index (χ3v) is 7.83. The van der Waals surface area contributed by atoms with Crippen molar-refractivity contribution in [2.75, 3.05) is 16.2 Å². The van der Waals surface area contributed by atoms with Gasteiger partial charge in [0.1, 0.15) is 0 Å². The van der Waals surface area contributed by atoms with Crippen molar-refractivity contribution in [3.05, 3.63) is 88.4 Å². The van der Waals surface area contributed by atoms with Gasteiger partial charge in [0.25, 0.3) is 10.0 Å². The Kier molecular flexibility index (Phi) is 6.90. The quantitative estimate of drug-likeness (QED) is 0.520. The Morgan fingerprint density at radius 1 is 1.00 bits per heavy atom. The molecule has 0 bridgehead atoms. The van der Waals surface area contributed by atoms with Crippen LogP contribution >= 0.6 is 11.6 Å². The average molecular weight is 498 g/mol. The number of nitrogens with zero attached hydrogens (tertiary/aromatic N) is 1. The molecule has 0 aliphatic carbocycles. The Morgan fingerprint density at radius 3 is 2.47 bits per heavy atom. The molecule has 3 aromatic rings. The van der Waals surface area contributed by atoms with E-state index < -0.39 is 21.8 Å². The summed E-state index contributed by atoms with van der Waals surface area (Å²) in [4.78, 5) is 24.9. The number of sulfonamides is 1. The molecular weight excluding hydrogens is 474 g/mol. The molecule has 176 valence electrons. The zero-order chi connectivity index (χ0) is 24.3. The Bertz CT molecular complexity index is 1340. The molecule has 3 aromatic carbocycles. The molecule has 0 atom stereocenters. The Balaban J connectivity index is 1.51. The second-order valence-corrected chi connectivity index (χ2v) is 10.3. The van der Waals surface area contributed by atoms with Crippen LogP contribution in [0.4, 0.5) is 11.4 Å². The normalized spacial score (nSPS) is 13.2. The predicted octanol–water partition coefficient (Wildman–Crippen LogP) is 4.04. The van der Waals surface area contributed by atoms with Gasteiger partial charge < -0.3 is 10.6 Å². The summed E-state index contributed by atoms with van der Waals surface area (Å²) in [5, 5.41) is 5.59. The SMILES string of the molecule is Cc1ccc(S(=O)(=O)N2CCCc3ccc(NC(=O)C(=O)NCc4ccccc4Cl)cc32)cc1. The summed E-state index contributed by atoms with van der Waals surface area (Å²) in [5.41, 5.74) is 3.36. The van der Waals surface area contributed by atoms with Gasteiger partial charge in [-0.05, 0) is 61.2 Å². The molecule has 2 amide bonds. The van der Waals surface area contributed by atoms with Crippen LogP contribution < -0.4 is 14.9 Å². The number of anilines is 2. The van der Waals surface area contributed by atoms with Crippen molar-refractivity contribution in [2.45, 2.75) is 31.2 Å². The smallest absolute Gasteiger partial charge is 0.313 e. The molecular formula is C25H24ClN3O4S. The van der Waals surface area contributed by atoms with E-state index in [0.29, 0.717) is 34.9 Å². The first-order valence-electron chi connectivity index (χ1n) is 10.8. The van der Waals surface area contributed by atoms with E-state index in [1.54, 1.807) is 66.7 Å². The van der Waals surface area contributed by atoms with Crippen molar-refractivity contribution in [1.29, 1.82) is 0 Å². The molecule has 7 nitrogen and oxygen atoms in total. The lowest BCUT2D eigenvalue weighted by Gasteiger charge is -2.31. The summed E-state index contributed by atoms with van der Waals surface area (Å²) in [6.07, 6.45) is 1.41. The van der Waals surface area contributed by atoms with Crippen molar-refractivity contribution >= 4 is 44.8 Å². The molecule has 9 heteroatoms. The van der Waals surface area contributed by atoms with Gasteiger partial charge in [0.15, 0.2) is 0 Å². The van der Waals surface area contributed by atoms with Gasteiger partial charge in [0, 0.05) is 23.8 Å². The van der Waals surface area contributed by atoms with Crippen molar-refractivity contribution in [3.8, 4) is 0 Å². The highest BCUT2D eigenvalue weighted by Gasteiger charge is 2.29. The third-order valence-electron chi connectivity index (χ3n) is 5.63. The Morgan fingerprint density at radius 2 is 1.74 bits per heavy atom. The van der Waals surface area contributed by atoms with E-state index >= 15 is 0 Å². The molecule has 4 rings (SSSR count). The lowest BCUT2D eigenvalue weighted by molar-refractivity contribution is -0.136. The molecule has 0 saturated heterocycles. The topological polar surface area (TPSA) is 95.6 Å². The van der Waals surface area contributed by atoms with E-state index in [1.165, 1.54) is 4.31 Å². The summed E-state index contributed by atoms with van der Waals surface area (Å²) in [6, 6.07) is 18.8. The third kappa shape index (κ3) is 5.08. The molecule has 0 aromatic heterocycles. The fourth-order valence-electron chi connectivity index (χ4n) is 3.79. The highest BCUT2D eigenvalue weighted by Crippen LogP contribution is 2.34. The summed E-state index contributed by atoms with van der Waals surface area (Å²) in [6.45, 7) is 2.34. The van der Waals surface area contributed by atoms with Gasteiger partial charge in [0.2, 0.25) is 0 Å². The summed E-state index contributed by atoms with van der Waals surface area (Å²) in [5.74, 6) is -1.67. The molecule has 1 aliphatic rings. The fourth-order valence-corrected chi connectivity index (χ4v) is 5.53. The molecule has 34 heavy (non-hydrogen) atoms. The number of amides is 2. The first kappa shape index (κ1) is 23.8. The zero-order valence-electron chi connectivity index (χ0n) is 18.5. The van der Waals surface area contributed by atoms with Crippen molar-refractivity contribution < 1.29 is 18.0 Å². The maximum Gasteiger partial charge on any atom is 0.313 e. The first-order chi connectivity index (χ1) is 16.3. The maximum atomic E-state index is 13.3. The predicted molar refractivity (Wildman–Crippen MR) is 132 cm³/mol. The largest absolute Gasteiger partial charge is 0.344 e. The molecule has 2 N–H and O–H groups in total. The summed E-state index contributed by atoms with van der Waals surface area (Å²) in [7, 11) is -3.77. The van der Waals surface area contributed by atoms with E-state index in [2.05, 4.69) is 10.6 Å². The number of carbonyl (C=O) groups excluding carboxylic acids is 2. The minimum absolute atomic E-state index is 0.110. The number of aryl methyl sites for hydroxylation is 2. The van der Waals surface area contributed by atoms with Gasteiger partial charge in [-0.2, -0.15) is 0 Å². The number of carbonyl (C=O) groups is 2. The van der Waals surface area contributed by atoms with Crippen LogP contribution in [0.5, 0.6) is 0 Å². The van der Waals surface area contributed by atoms with Crippen molar-refractivity contribution in [2.24, 2.45) is 0 Å². The average Bonchev–Trinajstić information content (AvgIpc) is 2.83. The Hall–Kier alpha value is -3.36. The monoisotopic (exact) mass is 497 g/mol. The van der Waals surface area contributed by atoms with E-state index in [0.717, 1.165) is 17.5 Å². The number of rotatable bonds is 5. The summed E-state index contributed by atoms with van der Waals surface area (Å²) >= 11 is 6.08. The minimum atomic E-state index is -3.77. The van der Waals surface area contributed by atoms with E-state index in [9.17, 15) is 18.0 Å². The number of nitrogens with one attached hydrogen (secondary N) is 2. The van der Waals surface area contributed by atoms with Crippen LogP contribution in [0.15, 0.2) is 71.6 Å². The van der Waals surface area contributed by atoms with Gasteiger partial charge in [-0.1, -0.05) is 53.6 Å². The van der Waals surface area contributed by atoms with Gasteiger partial charge in [0.05, 0.1) is 10.6 Å². The number of benzene rings is 3. The second-order valence-electron chi connectivity index (χ2n) is 8.07. The van der Waals surface area contributed by atoms with Crippen LogP contribution in [-0.4, -0.2) is 26.8 Å². The second kappa shape index (κ2) is 9.87. The molecule has 0 radical (unpaired) electrons. The highest BCUT2D eigenvalue weighted by molar-refractivity contribution is 7.92. The van der Waals surface area contributed by atoms with Gasteiger partial charge in [-0.3, -0.25) is 13.9 Å². The minimum Gasteiger partial charge on any atom is -0.344 e. The Labute approximate surface area is 203 Å². The standard InChI is InChI=1S/C25H24ClN3O4S/c1-17-8-12-21(13-9-17)34(32,33)29-14-4-6-18-10-11-20(15-23(18)29)28-25(31)24(30)27-16-19-5-2-3-7-22(19)26/h2-3,5,7-13,15H,4,6,14,16H2,1H3,(H,27,30)(H,28,31). The first-order valence-corrected chi connectivity index (χ1v) is 12.6. The van der Waals surface area contributed by atoms with Gasteiger partial charge >= 0.3 is 11.8 Å². The molecule has 1 aliphatic heterocycles. The van der Waals surface area contributed by atoms with Crippen LogP contribution in [0, 0.1) is 6.92 Å². The lowest BCUT2D eigenvalue weighted by atomic mass is 10.0. The summed E-state index contributed by atoms with van der Waals surface area (Å²) < 4.78 is 28.0. The molecule has 0 spiro atoms. The van der Waals surface area contributed by atoms with Crippen LogP contribution in [0.3, 0.4) is 0 Å². The van der Waals surface area contributed by atoms with Gasteiger partial charge in [-0.15, -0.1) is 0 Å². The molecule has 0 unspecified atom stereocenters. The van der Waals surface area contributed by atoms with Crippen LogP contribution in [0.25, 0.3) is 0 Å². The highest BCUT2D eigenvalue weighted by atomic mass is 35.5. The van der Waals surface area contributed by atoms with Gasteiger partial charge in [-0.25, -0.2) is 8.42 Å². The van der Waals surface area contributed by atoms with Crippen molar-refractivity contribution in [1.82, 2.24) is 5.32 Å². The molecule has 0 fully saturated rings. The van der Waals surface area contributed by atoms with Crippen LogP contribution in [-0.2, 0) is 32.6 Å². The fraction of sp³-hybridized carbons (Fsp3) is 0.200. The van der Waals surface area contributed by atoms with Crippen molar-refractivity contribution in [3.63, 3.8) is 0 Å². The van der Waals surface area contributed by atoms with E-state index in [-0.39, 0.29) is 11.4 Å².